The van der Waals surface area contributed by atoms with Gasteiger partial charge in [0, 0.05) is 10.7 Å². The molecule has 0 bridgehead atoms. The van der Waals surface area contributed by atoms with Crippen LogP contribution in [-0.4, -0.2) is 18.5 Å². The van der Waals surface area contributed by atoms with E-state index in [0.717, 1.165) is 11.1 Å². The Morgan fingerprint density at radius 3 is 2.61 bits per heavy atom. The molecule has 2 aromatic rings. The SMILES string of the molecule is O=C(Cc1ccccc1Cl)Nc1ccc(C2CNC(=O)O2)cc1. The average molecular weight is 331 g/mol. The minimum Gasteiger partial charge on any atom is -0.439 e. The minimum atomic E-state index is -0.410. The highest BCUT2D eigenvalue weighted by Crippen LogP contribution is 2.22. The number of alkyl carbamates (subject to hydrolysis) is 1. The van der Waals surface area contributed by atoms with E-state index in [1.807, 2.05) is 30.3 Å². The molecule has 1 atom stereocenters. The van der Waals surface area contributed by atoms with Crippen LogP contribution in [-0.2, 0) is 16.0 Å². The zero-order valence-corrected chi connectivity index (χ0v) is 13.0. The molecule has 0 aromatic heterocycles. The van der Waals surface area contributed by atoms with E-state index in [0.29, 0.717) is 17.3 Å². The lowest BCUT2D eigenvalue weighted by molar-refractivity contribution is -0.115. The molecule has 0 radical (unpaired) electrons. The van der Waals surface area contributed by atoms with Crippen LogP contribution in [0.5, 0.6) is 0 Å². The number of ether oxygens (including phenoxy) is 1. The molecular weight excluding hydrogens is 316 g/mol. The molecule has 3 rings (SSSR count). The van der Waals surface area contributed by atoms with Gasteiger partial charge in [0.15, 0.2) is 0 Å². The van der Waals surface area contributed by atoms with Crippen LogP contribution in [0, 0.1) is 0 Å². The number of benzene rings is 2. The fourth-order valence-corrected chi connectivity index (χ4v) is 2.58. The van der Waals surface area contributed by atoms with Gasteiger partial charge in [0.25, 0.3) is 0 Å². The summed E-state index contributed by atoms with van der Waals surface area (Å²) in [5, 5.41) is 6.00. The van der Waals surface area contributed by atoms with Gasteiger partial charge in [-0.1, -0.05) is 41.9 Å². The van der Waals surface area contributed by atoms with E-state index < -0.39 is 6.09 Å². The summed E-state index contributed by atoms with van der Waals surface area (Å²) >= 11 is 6.05. The van der Waals surface area contributed by atoms with E-state index in [1.165, 1.54) is 0 Å². The molecule has 2 N–H and O–H groups in total. The van der Waals surface area contributed by atoms with E-state index >= 15 is 0 Å². The fraction of sp³-hybridized carbons (Fsp3) is 0.176. The van der Waals surface area contributed by atoms with E-state index in [4.69, 9.17) is 16.3 Å². The molecule has 1 unspecified atom stereocenters. The molecule has 1 aliphatic rings. The van der Waals surface area contributed by atoms with Gasteiger partial charge in [-0.3, -0.25) is 4.79 Å². The topological polar surface area (TPSA) is 67.4 Å². The third-order valence-electron chi connectivity index (χ3n) is 3.56. The second kappa shape index (κ2) is 6.71. The van der Waals surface area contributed by atoms with E-state index in [1.54, 1.807) is 18.2 Å². The molecular formula is C17H15ClN2O3. The Bertz CT molecular complexity index is 731. The van der Waals surface area contributed by atoms with Crippen LogP contribution in [0.3, 0.4) is 0 Å². The molecule has 1 heterocycles. The Balaban J connectivity index is 1.61. The first kappa shape index (κ1) is 15.4. The highest BCUT2D eigenvalue weighted by molar-refractivity contribution is 6.31. The Hall–Kier alpha value is -2.53. The average Bonchev–Trinajstić information content (AvgIpc) is 2.97. The number of halogens is 1. The van der Waals surface area contributed by atoms with Gasteiger partial charge < -0.3 is 15.4 Å². The first-order valence-electron chi connectivity index (χ1n) is 7.19. The molecule has 0 spiro atoms. The third kappa shape index (κ3) is 3.81. The number of rotatable bonds is 4. The molecule has 0 aliphatic carbocycles. The van der Waals surface area contributed by atoms with Crippen molar-refractivity contribution in [3.63, 3.8) is 0 Å². The predicted octanol–water partition coefficient (Wildman–Crippen LogP) is 3.30. The van der Waals surface area contributed by atoms with Gasteiger partial charge in [-0.2, -0.15) is 0 Å². The summed E-state index contributed by atoms with van der Waals surface area (Å²) in [6.07, 6.45) is -0.478. The molecule has 5 nitrogen and oxygen atoms in total. The maximum atomic E-state index is 12.1. The number of nitrogens with one attached hydrogen (secondary N) is 2. The number of cyclic esters (lactones) is 1. The standard InChI is InChI=1S/C17H15ClN2O3/c18-14-4-2-1-3-12(14)9-16(21)20-13-7-5-11(6-8-13)15-10-19-17(22)23-15/h1-8,15H,9-10H2,(H,19,22)(H,20,21). The van der Waals surface area contributed by atoms with Crippen molar-refractivity contribution in [3.8, 4) is 0 Å². The monoisotopic (exact) mass is 330 g/mol. The molecule has 2 amide bonds. The largest absolute Gasteiger partial charge is 0.439 e. The Morgan fingerprint density at radius 2 is 1.96 bits per heavy atom. The third-order valence-corrected chi connectivity index (χ3v) is 3.92. The number of hydrogen-bond donors (Lipinski definition) is 2. The van der Waals surface area contributed by atoms with Crippen molar-refractivity contribution in [2.45, 2.75) is 12.5 Å². The number of anilines is 1. The van der Waals surface area contributed by atoms with E-state index in [9.17, 15) is 9.59 Å². The Kier molecular flexibility index (Phi) is 4.48. The van der Waals surface area contributed by atoms with Crippen molar-refractivity contribution in [1.29, 1.82) is 0 Å². The van der Waals surface area contributed by atoms with Crippen molar-refractivity contribution < 1.29 is 14.3 Å². The first-order chi connectivity index (χ1) is 11.1. The second-order valence-corrected chi connectivity index (χ2v) is 5.62. The molecule has 1 fully saturated rings. The fourth-order valence-electron chi connectivity index (χ4n) is 2.38. The quantitative estimate of drug-likeness (QED) is 0.903. The van der Waals surface area contributed by atoms with Gasteiger partial charge in [0.05, 0.1) is 13.0 Å². The molecule has 118 valence electrons. The number of carbonyl (C=O) groups excluding carboxylic acids is 2. The summed E-state index contributed by atoms with van der Waals surface area (Å²) in [7, 11) is 0. The predicted molar refractivity (Wildman–Crippen MR) is 87.5 cm³/mol. The lowest BCUT2D eigenvalue weighted by atomic mass is 10.1. The molecule has 1 saturated heterocycles. The van der Waals surface area contributed by atoms with Crippen molar-refractivity contribution >= 4 is 29.3 Å². The maximum absolute atomic E-state index is 12.1. The normalized spacial score (nSPS) is 16.6. The Labute approximate surface area is 138 Å². The summed E-state index contributed by atoms with van der Waals surface area (Å²) < 4.78 is 5.11. The minimum absolute atomic E-state index is 0.139. The molecule has 1 aliphatic heterocycles. The summed E-state index contributed by atoms with van der Waals surface area (Å²) in [4.78, 5) is 23.1. The lowest BCUT2D eigenvalue weighted by Crippen LogP contribution is -2.14. The molecule has 23 heavy (non-hydrogen) atoms. The van der Waals surface area contributed by atoms with Crippen LogP contribution in [0.2, 0.25) is 5.02 Å². The Morgan fingerprint density at radius 1 is 1.22 bits per heavy atom. The van der Waals surface area contributed by atoms with Crippen molar-refractivity contribution in [2.24, 2.45) is 0 Å². The summed E-state index contributed by atoms with van der Waals surface area (Å²) in [6, 6.07) is 14.5. The van der Waals surface area contributed by atoms with Crippen molar-refractivity contribution in [3.05, 3.63) is 64.7 Å². The summed E-state index contributed by atoms with van der Waals surface area (Å²) in [6.45, 7) is 0.455. The zero-order chi connectivity index (χ0) is 16.2. The van der Waals surface area contributed by atoms with E-state index in [2.05, 4.69) is 10.6 Å². The smallest absolute Gasteiger partial charge is 0.407 e. The molecule has 2 aromatic carbocycles. The van der Waals surface area contributed by atoms with Crippen LogP contribution >= 0.6 is 11.6 Å². The molecule has 0 saturated carbocycles. The number of amides is 2. The highest BCUT2D eigenvalue weighted by atomic mass is 35.5. The van der Waals surface area contributed by atoms with Gasteiger partial charge in [0.1, 0.15) is 6.10 Å². The summed E-state index contributed by atoms with van der Waals surface area (Å²) in [5.74, 6) is -0.139. The van der Waals surface area contributed by atoms with Crippen LogP contribution < -0.4 is 10.6 Å². The van der Waals surface area contributed by atoms with Crippen LogP contribution in [0.4, 0.5) is 10.5 Å². The van der Waals surface area contributed by atoms with Gasteiger partial charge in [0.2, 0.25) is 5.91 Å². The van der Waals surface area contributed by atoms with E-state index in [-0.39, 0.29) is 18.4 Å². The van der Waals surface area contributed by atoms with Crippen molar-refractivity contribution in [2.75, 3.05) is 11.9 Å². The van der Waals surface area contributed by atoms with Crippen LogP contribution in [0.25, 0.3) is 0 Å². The first-order valence-corrected chi connectivity index (χ1v) is 7.57. The zero-order valence-electron chi connectivity index (χ0n) is 12.2. The van der Waals surface area contributed by atoms with Crippen molar-refractivity contribution in [1.82, 2.24) is 5.32 Å². The van der Waals surface area contributed by atoms with Gasteiger partial charge >= 0.3 is 6.09 Å². The van der Waals surface area contributed by atoms with Gasteiger partial charge in [-0.25, -0.2) is 4.79 Å². The number of carbonyl (C=O) groups is 2. The molecule has 6 heteroatoms. The lowest BCUT2D eigenvalue weighted by Gasteiger charge is -2.10. The van der Waals surface area contributed by atoms with Gasteiger partial charge in [-0.15, -0.1) is 0 Å². The maximum Gasteiger partial charge on any atom is 0.407 e. The number of hydrogen-bond acceptors (Lipinski definition) is 3. The van der Waals surface area contributed by atoms with Crippen LogP contribution in [0.15, 0.2) is 48.5 Å². The second-order valence-electron chi connectivity index (χ2n) is 5.21. The van der Waals surface area contributed by atoms with Gasteiger partial charge in [-0.05, 0) is 29.3 Å². The summed E-state index contributed by atoms with van der Waals surface area (Å²) in [5.41, 5.74) is 2.35. The highest BCUT2D eigenvalue weighted by Gasteiger charge is 2.23. The van der Waals surface area contributed by atoms with Crippen LogP contribution in [0.1, 0.15) is 17.2 Å².